The maximum atomic E-state index is 12.8. The number of carbonyl (C=O) groups is 1. The first-order valence-electron chi connectivity index (χ1n) is 10.7. The van der Waals surface area contributed by atoms with Crippen LogP contribution in [0.5, 0.6) is 5.75 Å². The van der Waals surface area contributed by atoms with Gasteiger partial charge in [0.1, 0.15) is 5.75 Å². The largest absolute Gasteiger partial charge is 0.496 e. The van der Waals surface area contributed by atoms with Gasteiger partial charge in [0.25, 0.3) is 5.91 Å². The van der Waals surface area contributed by atoms with Gasteiger partial charge in [0, 0.05) is 18.7 Å². The number of aryl methyl sites for hydroxylation is 1. The molecule has 3 rings (SSSR count). The van der Waals surface area contributed by atoms with Gasteiger partial charge in [0.15, 0.2) is 0 Å². The third-order valence-corrected chi connectivity index (χ3v) is 7.79. The summed E-state index contributed by atoms with van der Waals surface area (Å²) in [5, 5.41) is 3.03. The first-order chi connectivity index (χ1) is 14.6. The van der Waals surface area contributed by atoms with Crippen LogP contribution < -0.4 is 10.1 Å². The number of hydrogen-bond acceptors (Lipinski definition) is 4. The summed E-state index contributed by atoms with van der Waals surface area (Å²) in [6.07, 6.45) is 1.78. The standard InChI is InChI=1S/C24H32N2O4S/c1-16(2)21-15-22(17(3)14-23(21)30-5)18(4)25-24(27)19-8-10-20(11-9-19)31(28,29)26-12-6-7-13-26/h8-11,14-16,18H,6-7,12-13H2,1-5H3,(H,25,27)/t18-/m0/s1. The molecule has 0 spiro atoms. The van der Waals surface area contributed by atoms with Crippen molar-refractivity contribution in [1.82, 2.24) is 9.62 Å². The summed E-state index contributed by atoms with van der Waals surface area (Å²) >= 11 is 0. The van der Waals surface area contributed by atoms with Crippen molar-refractivity contribution in [2.24, 2.45) is 0 Å². The minimum Gasteiger partial charge on any atom is -0.496 e. The fraction of sp³-hybridized carbons (Fsp3) is 0.458. The topological polar surface area (TPSA) is 75.7 Å². The Labute approximate surface area is 185 Å². The second-order valence-electron chi connectivity index (χ2n) is 8.44. The summed E-state index contributed by atoms with van der Waals surface area (Å²) in [4.78, 5) is 13.0. The van der Waals surface area contributed by atoms with E-state index in [2.05, 4.69) is 25.2 Å². The van der Waals surface area contributed by atoms with Crippen molar-refractivity contribution >= 4 is 15.9 Å². The molecule has 168 valence electrons. The Morgan fingerprint density at radius 1 is 1.03 bits per heavy atom. The van der Waals surface area contributed by atoms with E-state index in [1.807, 2.05) is 19.9 Å². The molecular formula is C24H32N2O4S. The number of nitrogens with zero attached hydrogens (tertiary/aromatic N) is 1. The third-order valence-electron chi connectivity index (χ3n) is 5.87. The number of carbonyl (C=O) groups excluding carboxylic acids is 1. The molecule has 0 saturated carbocycles. The Morgan fingerprint density at radius 2 is 1.65 bits per heavy atom. The van der Waals surface area contributed by atoms with E-state index in [9.17, 15) is 13.2 Å². The lowest BCUT2D eigenvalue weighted by Crippen LogP contribution is -2.28. The van der Waals surface area contributed by atoms with E-state index < -0.39 is 10.0 Å². The third kappa shape index (κ3) is 4.93. The van der Waals surface area contributed by atoms with E-state index >= 15 is 0 Å². The van der Waals surface area contributed by atoms with E-state index in [-0.39, 0.29) is 16.8 Å². The van der Waals surface area contributed by atoms with Gasteiger partial charge in [-0.2, -0.15) is 4.31 Å². The zero-order valence-corrected chi connectivity index (χ0v) is 19.8. The lowest BCUT2D eigenvalue weighted by atomic mass is 9.93. The molecule has 7 heteroatoms. The molecule has 0 radical (unpaired) electrons. The Hall–Kier alpha value is -2.38. The zero-order chi connectivity index (χ0) is 22.8. The van der Waals surface area contributed by atoms with Gasteiger partial charge in [-0.1, -0.05) is 13.8 Å². The zero-order valence-electron chi connectivity index (χ0n) is 18.9. The second kappa shape index (κ2) is 9.40. The lowest BCUT2D eigenvalue weighted by molar-refractivity contribution is 0.0939. The van der Waals surface area contributed by atoms with Crippen LogP contribution in [0.4, 0.5) is 0 Å². The highest BCUT2D eigenvalue weighted by atomic mass is 32.2. The number of sulfonamides is 1. The van der Waals surface area contributed by atoms with Crippen LogP contribution in [0.1, 0.15) is 72.6 Å². The molecule has 6 nitrogen and oxygen atoms in total. The van der Waals surface area contributed by atoms with Gasteiger partial charge >= 0.3 is 0 Å². The fourth-order valence-corrected chi connectivity index (χ4v) is 5.54. The van der Waals surface area contributed by atoms with Crippen LogP contribution in [0.2, 0.25) is 0 Å². The van der Waals surface area contributed by atoms with Crippen LogP contribution in [0.3, 0.4) is 0 Å². The molecule has 31 heavy (non-hydrogen) atoms. The normalized spacial score (nSPS) is 15.8. The van der Waals surface area contributed by atoms with Crippen molar-refractivity contribution < 1.29 is 17.9 Å². The van der Waals surface area contributed by atoms with Crippen molar-refractivity contribution in [3.05, 3.63) is 58.7 Å². The number of nitrogens with one attached hydrogen (secondary N) is 1. The molecule has 1 amide bonds. The van der Waals surface area contributed by atoms with E-state index in [1.54, 1.807) is 19.2 Å². The summed E-state index contributed by atoms with van der Waals surface area (Å²) in [7, 11) is -1.82. The van der Waals surface area contributed by atoms with Gasteiger partial charge in [0.05, 0.1) is 18.0 Å². The Bertz CT molecular complexity index is 1040. The monoisotopic (exact) mass is 444 g/mol. The van der Waals surface area contributed by atoms with Crippen molar-refractivity contribution in [1.29, 1.82) is 0 Å². The molecule has 0 bridgehead atoms. The minimum absolute atomic E-state index is 0.205. The van der Waals surface area contributed by atoms with Crippen LogP contribution in [-0.4, -0.2) is 38.8 Å². The predicted molar refractivity (Wildman–Crippen MR) is 122 cm³/mol. The Morgan fingerprint density at radius 3 is 2.19 bits per heavy atom. The first kappa shape index (κ1) is 23.3. The Balaban J connectivity index is 1.76. The molecule has 1 heterocycles. The van der Waals surface area contributed by atoms with Gasteiger partial charge in [-0.25, -0.2) is 8.42 Å². The molecule has 1 N–H and O–H groups in total. The maximum Gasteiger partial charge on any atom is 0.251 e. The molecule has 1 atom stereocenters. The summed E-state index contributed by atoms with van der Waals surface area (Å²) in [5.41, 5.74) is 3.61. The van der Waals surface area contributed by atoms with E-state index in [4.69, 9.17) is 4.74 Å². The van der Waals surface area contributed by atoms with Gasteiger partial charge in [-0.15, -0.1) is 0 Å². The maximum absolute atomic E-state index is 12.8. The Kier molecular flexibility index (Phi) is 7.06. The minimum atomic E-state index is -3.48. The van der Waals surface area contributed by atoms with Gasteiger partial charge in [-0.3, -0.25) is 4.79 Å². The summed E-state index contributed by atoms with van der Waals surface area (Å²) < 4.78 is 32.4. The van der Waals surface area contributed by atoms with Gasteiger partial charge in [-0.05, 0) is 85.7 Å². The van der Waals surface area contributed by atoms with Crippen LogP contribution in [0, 0.1) is 6.92 Å². The summed E-state index contributed by atoms with van der Waals surface area (Å²) in [6, 6.07) is 10.1. The molecule has 0 aliphatic carbocycles. The molecule has 0 unspecified atom stereocenters. The molecule has 1 aliphatic rings. The summed E-state index contributed by atoms with van der Waals surface area (Å²) in [6.45, 7) is 9.28. The van der Waals surface area contributed by atoms with Crippen LogP contribution in [-0.2, 0) is 10.0 Å². The van der Waals surface area contributed by atoms with Gasteiger partial charge < -0.3 is 10.1 Å². The van der Waals surface area contributed by atoms with E-state index in [0.29, 0.717) is 24.6 Å². The number of amides is 1. The molecule has 2 aromatic carbocycles. The molecule has 2 aromatic rings. The quantitative estimate of drug-likeness (QED) is 0.687. The van der Waals surface area contributed by atoms with Gasteiger partial charge in [0.2, 0.25) is 10.0 Å². The van der Waals surface area contributed by atoms with Crippen molar-refractivity contribution in [3.63, 3.8) is 0 Å². The van der Waals surface area contributed by atoms with Crippen molar-refractivity contribution in [3.8, 4) is 5.75 Å². The van der Waals surface area contributed by atoms with Crippen LogP contribution in [0.25, 0.3) is 0 Å². The number of hydrogen-bond donors (Lipinski definition) is 1. The lowest BCUT2D eigenvalue weighted by Gasteiger charge is -2.21. The number of benzene rings is 2. The van der Waals surface area contributed by atoms with Crippen LogP contribution in [0.15, 0.2) is 41.3 Å². The highest BCUT2D eigenvalue weighted by molar-refractivity contribution is 7.89. The second-order valence-corrected chi connectivity index (χ2v) is 10.4. The van der Waals surface area contributed by atoms with Crippen molar-refractivity contribution in [2.45, 2.75) is 57.4 Å². The van der Waals surface area contributed by atoms with E-state index in [0.717, 1.165) is 35.3 Å². The number of methoxy groups -OCH3 is 1. The SMILES string of the molecule is COc1cc(C)c([C@H](C)NC(=O)c2ccc(S(=O)(=O)N3CCCC3)cc2)cc1C(C)C. The van der Waals surface area contributed by atoms with E-state index in [1.165, 1.54) is 16.4 Å². The summed E-state index contributed by atoms with van der Waals surface area (Å²) in [5.74, 6) is 0.908. The molecule has 0 aromatic heterocycles. The number of ether oxygens (including phenoxy) is 1. The average molecular weight is 445 g/mol. The van der Waals surface area contributed by atoms with Crippen LogP contribution >= 0.6 is 0 Å². The average Bonchev–Trinajstić information content (AvgIpc) is 3.29. The highest BCUT2D eigenvalue weighted by Gasteiger charge is 2.27. The molecule has 1 aliphatic heterocycles. The predicted octanol–water partition coefficient (Wildman–Crippen LogP) is 4.40. The number of rotatable bonds is 7. The van der Waals surface area contributed by atoms with Crippen molar-refractivity contribution in [2.75, 3.05) is 20.2 Å². The smallest absolute Gasteiger partial charge is 0.251 e. The molecule has 1 saturated heterocycles. The molecule has 1 fully saturated rings. The first-order valence-corrected chi connectivity index (χ1v) is 12.2. The molecular weight excluding hydrogens is 412 g/mol. The fourth-order valence-electron chi connectivity index (χ4n) is 4.02. The highest BCUT2D eigenvalue weighted by Crippen LogP contribution is 2.32.